The molecule has 0 atom stereocenters. The molecular formula is C20H20N2OS2. The van der Waals surface area contributed by atoms with Gasteiger partial charge in [0.05, 0.1) is 17.2 Å². The van der Waals surface area contributed by atoms with Crippen molar-refractivity contribution < 1.29 is 4.79 Å². The topological polar surface area (TPSA) is 33.2 Å². The summed E-state index contributed by atoms with van der Waals surface area (Å²) in [5.74, 6) is 0.0231. The van der Waals surface area contributed by atoms with Gasteiger partial charge in [0, 0.05) is 22.9 Å². The number of aromatic nitrogens is 1. The molecule has 3 aromatic rings. The van der Waals surface area contributed by atoms with Crippen LogP contribution in [0.25, 0.3) is 6.08 Å². The number of hydrogen-bond acceptors (Lipinski definition) is 4. The molecule has 2 heterocycles. The molecule has 0 saturated heterocycles. The molecule has 0 aliphatic heterocycles. The third kappa shape index (κ3) is 5.37. The van der Waals surface area contributed by atoms with Crippen molar-refractivity contribution in [3.8, 4) is 0 Å². The summed E-state index contributed by atoms with van der Waals surface area (Å²) >= 11 is 3.27. The molecule has 0 N–H and O–H groups in total. The Hall–Kier alpha value is -2.24. The van der Waals surface area contributed by atoms with Crippen molar-refractivity contribution in [3.05, 3.63) is 80.4 Å². The summed E-state index contributed by atoms with van der Waals surface area (Å²) in [6.07, 6.45) is 4.28. The Morgan fingerprint density at radius 2 is 2.00 bits per heavy atom. The lowest BCUT2D eigenvalue weighted by molar-refractivity contribution is -0.126. The summed E-state index contributed by atoms with van der Waals surface area (Å²) in [5, 5.41) is 5.02. The monoisotopic (exact) mass is 368 g/mol. The lowest BCUT2D eigenvalue weighted by atomic mass is 10.1. The number of carbonyl (C=O) groups excluding carboxylic acids is 1. The zero-order valence-electron chi connectivity index (χ0n) is 14.1. The maximum atomic E-state index is 12.7. The second kappa shape index (κ2) is 8.74. The van der Waals surface area contributed by atoms with E-state index in [1.807, 2.05) is 46.8 Å². The van der Waals surface area contributed by atoms with Crippen molar-refractivity contribution in [1.82, 2.24) is 9.88 Å². The van der Waals surface area contributed by atoms with Crippen LogP contribution in [0.5, 0.6) is 0 Å². The van der Waals surface area contributed by atoms with Crippen LogP contribution in [0.2, 0.25) is 0 Å². The van der Waals surface area contributed by atoms with E-state index >= 15 is 0 Å². The molecule has 0 aliphatic rings. The number of nitrogens with zero attached hydrogens (tertiary/aromatic N) is 2. The number of aryl methyl sites for hydroxylation is 1. The van der Waals surface area contributed by atoms with Gasteiger partial charge in [0.25, 0.3) is 0 Å². The molecule has 1 amide bonds. The van der Waals surface area contributed by atoms with E-state index in [2.05, 4.69) is 23.2 Å². The highest BCUT2D eigenvalue weighted by atomic mass is 32.1. The molecule has 0 fully saturated rings. The molecule has 0 saturated carbocycles. The normalized spacial score (nSPS) is 11.1. The first-order valence-corrected chi connectivity index (χ1v) is 9.92. The minimum atomic E-state index is 0.0231. The summed E-state index contributed by atoms with van der Waals surface area (Å²) in [6, 6.07) is 14.4. The number of thiophene rings is 1. The minimum absolute atomic E-state index is 0.0231. The molecule has 0 spiro atoms. The van der Waals surface area contributed by atoms with Crippen LogP contribution in [0.15, 0.2) is 59.3 Å². The van der Waals surface area contributed by atoms with Crippen molar-refractivity contribution >= 4 is 34.7 Å². The van der Waals surface area contributed by atoms with E-state index in [0.717, 1.165) is 17.1 Å². The zero-order chi connectivity index (χ0) is 17.5. The number of amides is 1. The van der Waals surface area contributed by atoms with Crippen LogP contribution in [-0.2, 0) is 17.8 Å². The van der Waals surface area contributed by atoms with Crippen molar-refractivity contribution in [1.29, 1.82) is 0 Å². The third-order valence-corrected chi connectivity index (χ3v) is 5.44. The Morgan fingerprint density at radius 3 is 2.68 bits per heavy atom. The number of thiazole rings is 1. The summed E-state index contributed by atoms with van der Waals surface area (Å²) < 4.78 is 0. The molecule has 2 aromatic heterocycles. The Labute approximate surface area is 156 Å². The Kier molecular flexibility index (Phi) is 6.14. The van der Waals surface area contributed by atoms with Crippen molar-refractivity contribution in [3.63, 3.8) is 0 Å². The average molecular weight is 369 g/mol. The highest BCUT2D eigenvalue weighted by Crippen LogP contribution is 2.14. The highest BCUT2D eigenvalue weighted by Gasteiger charge is 2.12. The van der Waals surface area contributed by atoms with E-state index in [9.17, 15) is 4.79 Å². The number of rotatable bonds is 7. The van der Waals surface area contributed by atoms with Gasteiger partial charge >= 0.3 is 0 Å². The van der Waals surface area contributed by atoms with Gasteiger partial charge in [-0.2, -0.15) is 0 Å². The fraction of sp³-hybridized carbons (Fsp3) is 0.200. The second-order valence-electron chi connectivity index (χ2n) is 5.70. The quantitative estimate of drug-likeness (QED) is 0.561. The van der Waals surface area contributed by atoms with Gasteiger partial charge in [0.2, 0.25) is 5.91 Å². The summed E-state index contributed by atoms with van der Waals surface area (Å²) in [6.45, 7) is 3.30. The smallest absolute Gasteiger partial charge is 0.246 e. The van der Waals surface area contributed by atoms with Gasteiger partial charge in [0.15, 0.2) is 0 Å². The number of carbonyl (C=O) groups is 1. The van der Waals surface area contributed by atoms with Crippen LogP contribution in [0.3, 0.4) is 0 Å². The van der Waals surface area contributed by atoms with Gasteiger partial charge in [0.1, 0.15) is 0 Å². The first-order chi connectivity index (χ1) is 12.2. The van der Waals surface area contributed by atoms with Gasteiger partial charge in [-0.15, -0.1) is 22.7 Å². The molecule has 0 radical (unpaired) electrons. The molecule has 25 heavy (non-hydrogen) atoms. The van der Waals surface area contributed by atoms with Crippen molar-refractivity contribution in [2.45, 2.75) is 19.9 Å². The van der Waals surface area contributed by atoms with Gasteiger partial charge < -0.3 is 4.90 Å². The summed E-state index contributed by atoms with van der Waals surface area (Å²) in [5.41, 5.74) is 2.08. The van der Waals surface area contributed by atoms with E-state index < -0.39 is 0 Å². The Bertz CT molecular complexity index is 823. The van der Waals surface area contributed by atoms with Gasteiger partial charge in [-0.1, -0.05) is 36.4 Å². The molecule has 5 heteroatoms. The van der Waals surface area contributed by atoms with Crippen LogP contribution in [-0.4, -0.2) is 22.3 Å². The molecule has 128 valence electrons. The first-order valence-electron chi connectivity index (χ1n) is 8.16. The van der Waals surface area contributed by atoms with E-state index in [1.165, 1.54) is 10.4 Å². The van der Waals surface area contributed by atoms with E-state index in [4.69, 9.17) is 0 Å². The molecule has 0 bridgehead atoms. The number of hydrogen-bond donors (Lipinski definition) is 0. The van der Waals surface area contributed by atoms with Crippen molar-refractivity contribution in [2.24, 2.45) is 0 Å². The number of benzene rings is 1. The standard InChI is InChI=1S/C20H20N2OS2/c1-16-21-18(15-25-16)9-10-20(23)22(14-19-8-5-13-24-19)12-11-17-6-3-2-4-7-17/h2-10,13,15H,11-12,14H2,1H3. The highest BCUT2D eigenvalue weighted by molar-refractivity contribution is 7.10. The van der Waals surface area contributed by atoms with Crippen LogP contribution in [0.4, 0.5) is 0 Å². The lowest BCUT2D eigenvalue weighted by Gasteiger charge is -2.20. The fourth-order valence-corrected chi connectivity index (χ4v) is 3.79. The first kappa shape index (κ1) is 17.6. The van der Waals surface area contributed by atoms with E-state index in [1.54, 1.807) is 34.8 Å². The van der Waals surface area contributed by atoms with E-state index in [-0.39, 0.29) is 5.91 Å². The average Bonchev–Trinajstić information content (AvgIpc) is 3.29. The van der Waals surface area contributed by atoms with Crippen LogP contribution in [0, 0.1) is 6.92 Å². The van der Waals surface area contributed by atoms with Crippen LogP contribution >= 0.6 is 22.7 Å². The lowest BCUT2D eigenvalue weighted by Crippen LogP contribution is -2.30. The second-order valence-corrected chi connectivity index (χ2v) is 7.79. The van der Waals surface area contributed by atoms with Crippen LogP contribution in [0.1, 0.15) is 21.1 Å². The Morgan fingerprint density at radius 1 is 1.16 bits per heavy atom. The summed E-state index contributed by atoms with van der Waals surface area (Å²) in [7, 11) is 0. The fourth-order valence-electron chi connectivity index (χ4n) is 2.49. The minimum Gasteiger partial charge on any atom is -0.334 e. The predicted molar refractivity (Wildman–Crippen MR) is 106 cm³/mol. The van der Waals surface area contributed by atoms with Gasteiger partial charge in [-0.25, -0.2) is 4.98 Å². The SMILES string of the molecule is Cc1nc(C=CC(=O)N(CCc2ccccc2)Cc2cccs2)cs1. The molecule has 0 unspecified atom stereocenters. The van der Waals surface area contributed by atoms with Gasteiger partial charge in [-0.3, -0.25) is 4.79 Å². The third-order valence-electron chi connectivity index (χ3n) is 3.79. The molecule has 0 aliphatic carbocycles. The molecule has 3 rings (SSSR count). The van der Waals surface area contributed by atoms with Crippen LogP contribution < -0.4 is 0 Å². The maximum absolute atomic E-state index is 12.7. The molecule has 3 nitrogen and oxygen atoms in total. The van der Waals surface area contributed by atoms with Gasteiger partial charge in [-0.05, 0) is 36.4 Å². The maximum Gasteiger partial charge on any atom is 0.246 e. The van der Waals surface area contributed by atoms with E-state index in [0.29, 0.717) is 13.1 Å². The molecular weight excluding hydrogens is 348 g/mol. The summed E-state index contributed by atoms with van der Waals surface area (Å²) in [4.78, 5) is 20.2. The Balaban J connectivity index is 1.68. The predicted octanol–water partition coefficient (Wildman–Crippen LogP) is 4.80. The zero-order valence-corrected chi connectivity index (χ0v) is 15.7. The molecule has 1 aromatic carbocycles. The van der Waals surface area contributed by atoms with Crippen molar-refractivity contribution in [2.75, 3.05) is 6.54 Å². The largest absolute Gasteiger partial charge is 0.334 e.